The largest absolute Gasteiger partial charge is 0.494 e. The molecular weight excluding hydrogens is 284 g/mol. The summed E-state index contributed by atoms with van der Waals surface area (Å²) < 4.78 is 6.92. The minimum absolute atomic E-state index is 0.0318. The fraction of sp³-hybridized carbons (Fsp3) is 0.250. The summed E-state index contributed by atoms with van der Waals surface area (Å²) in [6.45, 7) is 0.115. The van der Waals surface area contributed by atoms with Crippen LogP contribution in [0.1, 0.15) is 18.9 Å². The van der Waals surface area contributed by atoms with Crippen LogP contribution in [-0.4, -0.2) is 28.1 Å². The molecule has 1 atom stereocenters. The Balaban J connectivity index is 2.04. The number of hydrogen-bond acceptors (Lipinski definition) is 4. The van der Waals surface area contributed by atoms with Crippen molar-refractivity contribution in [2.45, 2.75) is 18.9 Å². The fourth-order valence-electron chi connectivity index (χ4n) is 2.64. The first-order valence-corrected chi connectivity index (χ1v) is 6.84. The van der Waals surface area contributed by atoms with E-state index in [0.717, 1.165) is 0 Å². The summed E-state index contributed by atoms with van der Waals surface area (Å²) in [7, 11) is 0. The number of ether oxygens (including phenoxy) is 1. The molecule has 1 aromatic carbocycles. The second kappa shape index (κ2) is 5.45. The lowest BCUT2D eigenvalue weighted by Crippen LogP contribution is -2.41. The molecule has 3 rings (SSSR count). The number of carbonyl (C=O) groups is 2. The highest BCUT2D eigenvalue weighted by atomic mass is 16.5. The Morgan fingerprint density at radius 2 is 2.23 bits per heavy atom. The zero-order chi connectivity index (χ0) is 15.7. The smallest absolute Gasteiger partial charge is 0.249 e. The number of benzene rings is 1. The molecule has 1 fully saturated rings. The summed E-state index contributed by atoms with van der Waals surface area (Å²) in [5.74, 6) is 2.18. The fourth-order valence-corrected chi connectivity index (χ4v) is 2.64. The molecule has 0 bridgehead atoms. The molecule has 2 aromatic rings. The topological polar surface area (TPSA) is 80.6 Å². The summed E-state index contributed by atoms with van der Waals surface area (Å²) in [5, 5.41) is 13.9. The van der Waals surface area contributed by atoms with Crippen molar-refractivity contribution in [3.63, 3.8) is 0 Å². The molecule has 1 aliphatic heterocycles. The Kier molecular flexibility index (Phi) is 3.47. The van der Waals surface area contributed by atoms with Gasteiger partial charge in [0.15, 0.2) is 5.88 Å². The number of carbonyl (C=O) groups excluding carboxylic acids is 2. The molecule has 2 heterocycles. The number of piperidine rings is 1. The molecule has 112 valence electrons. The molecule has 22 heavy (non-hydrogen) atoms. The zero-order valence-electron chi connectivity index (χ0n) is 11.7. The lowest BCUT2D eigenvalue weighted by atomic mass is 10.1. The van der Waals surface area contributed by atoms with E-state index in [1.54, 1.807) is 24.4 Å². The molecule has 0 aliphatic carbocycles. The highest BCUT2D eigenvalue weighted by molar-refractivity contribution is 6.00. The van der Waals surface area contributed by atoms with E-state index in [4.69, 9.17) is 11.2 Å². The molecule has 6 nitrogen and oxygen atoms in total. The molecule has 1 aromatic heterocycles. The summed E-state index contributed by atoms with van der Waals surface area (Å²) in [4.78, 5) is 23.2. The van der Waals surface area contributed by atoms with E-state index in [9.17, 15) is 14.7 Å². The Labute approximate surface area is 126 Å². The molecule has 2 amide bonds. The molecule has 0 saturated carbocycles. The van der Waals surface area contributed by atoms with Gasteiger partial charge in [0.25, 0.3) is 0 Å². The maximum Gasteiger partial charge on any atom is 0.249 e. The van der Waals surface area contributed by atoms with Gasteiger partial charge in [0.05, 0.1) is 0 Å². The Bertz CT molecular complexity index is 800. The van der Waals surface area contributed by atoms with Gasteiger partial charge in [0, 0.05) is 23.4 Å². The van der Waals surface area contributed by atoms with Gasteiger partial charge in [-0.05, 0) is 18.6 Å². The van der Waals surface area contributed by atoms with Gasteiger partial charge in [-0.25, -0.2) is 0 Å². The van der Waals surface area contributed by atoms with Crippen LogP contribution in [-0.2, 0) is 9.59 Å². The number of terminal acetylenes is 1. The summed E-state index contributed by atoms with van der Waals surface area (Å²) in [6.07, 6.45) is 7.43. The van der Waals surface area contributed by atoms with Gasteiger partial charge in [-0.3, -0.25) is 14.9 Å². The second-order valence-electron chi connectivity index (χ2n) is 5.04. The number of nitrogens with zero attached hydrogens (tertiary/aromatic N) is 1. The van der Waals surface area contributed by atoms with Gasteiger partial charge < -0.3 is 14.4 Å². The van der Waals surface area contributed by atoms with Crippen molar-refractivity contribution in [1.82, 2.24) is 9.88 Å². The van der Waals surface area contributed by atoms with Gasteiger partial charge in [0.2, 0.25) is 11.8 Å². The van der Waals surface area contributed by atoms with Crippen molar-refractivity contribution in [2.75, 3.05) is 6.61 Å². The molecule has 0 spiro atoms. The maximum absolute atomic E-state index is 12.0. The number of aromatic hydroxyl groups is 1. The average Bonchev–Trinajstić information content (AvgIpc) is 2.83. The highest BCUT2D eigenvalue weighted by Crippen LogP contribution is 2.37. The van der Waals surface area contributed by atoms with Crippen molar-refractivity contribution in [3.05, 3.63) is 24.4 Å². The van der Waals surface area contributed by atoms with Gasteiger partial charge in [0.1, 0.15) is 18.4 Å². The minimum atomic E-state index is -0.620. The van der Waals surface area contributed by atoms with Crippen LogP contribution in [0.25, 0.3) is 10.8 Å². The number of rotatable bonds is 3. The Hall–Kier alpha value is -2.94. The van der Waals surface area contributed by atoms with Crippen molar-refractivity contribution in [3.8, 4) is 24.0 Å². The first kappa shape index (κ1) is 14.0. The van der Waals surface area contributed by atoms with E-state index in [-0.39, 0.29) is 24.8 Å². The van der Waals surface area contributed by atoms with Crippen LogP contribution in [0.15, 0.2) is 24.4 Å². The van der Waals surface area contributed by atoms with E-state index in [1.807, 2.05) is 0 Å². The number of hydrogen-bond donors (Lipinski definition) is 2. The standard InChI is InChI=1S/C16H14N2O4/c1-2-8-22-13-5-3-4-10-11(13)9-18(16(10)21)12-6-7-14(19)17-15(12)20/h1,3-5,9,12,21H,6-8H2,(H,17,19,20). The summed E-state index contributed by atoms with van der Waals surface area (Å²) >= 11 is 0. The number of fused-ring (bicyclic) bond motifs is 1. The van der Waals surface area contributed by atoms with Crippen LogP contribution in [0.4, 0.5) is 0 Å². The van der Waals surface area contributed by atoms with E-state index < -0.39 is 11.9 Å². The van der Waals surface area contributed by atoms with Crippen LogP contribution in [0.5, 0.6) is 11.6 Å². The molecular formula is C16H14N2O4. The third-order valence-electron chi connectivity index (χ3n) is 3.68. The highest BCUT2D eigenvalue weighted by Gasteiger charge is 2.30. The van der Waals surface area contributed by atoms with Crippen LogP contribution in [0, 0.1) is 12.3 Å². The first-order chi connectivity index (χ1) is 10.6. The number of amides is 2. The lowest BCUT2D eigenvalue weighted by Gasteiger charge is -2.22. The van der Waals surface area contributed by atoms with Crippen molar-refractivity contribution < 1.29 is 19.4 Å². The second-order valence-corrected chi connectivity index (χ2v) is 5.04. The third-order valence-corrected chi connectivity index (χ3v) is 3.68. The molecule has 1 unspecified atom stereocenters. The van der Waals surface area contributed by atoms with Crippen LogP contribution in [0.2, 0.25) is 0 Å². The van der Waals surface area contributed by atoms with E-state index in [1.165, 1.54) is 4.57 Å². The van der Waals surface area contributed by atoms with Crippen LogP contribution in [0.3, 0.4) is 0 Å². The van der Waals surface area contributed by atoms with Gasteiger partial charge in [-0.1, -0.05) is 12.0 Å². The van der Waals surface area contributed by atoms with Crippen molar-refractivity contribution >= 4 is 22.6 Å². The van der Waals surface area contributed by atoms with Gasteiger partial charge in [-0.2, -0.15) is 0 Å². The minimum Gasteiger partial charge on any atom is -0.494 e. The van der Waals surface area contributed by atoms with E-state index in [0.29, 0.717) is 22.9 Å². The van der Waals surface area contributed by atoms with Gasteiger partial charge >= 0.3 is 0 Å². The summed E-state index contributed by atoms with van der Waals surface area (Å²) in [5.41, 5.74) is 0. The quantitative estimate of drug-likeness (QED) is 0.662. The summed E-state index contributed by atoms with van der Waals surface area (Å²) in [6, 6.07) is 4.59. The van der Waals surface area contributed by atoms with E-state index >= 15 is 0 Å². The third kappa shape index (κ3) is 2.27. The number of imide groups is 1. The predicted octanol–water partition coefficient (Wildman–Crippen LogP) is 1.34. The Morgan fingerprint density at radius 3 is 2.95 bits per heavy atom. The molecule has 1 aliphatic rings. The van der Waals surface area contributed by atoms with Crippen molar-refractivity contribution in [1.29, 1.82) is 0 Å². The monoisotopic (exact) mass is 298 g/mol. The SMILES string of the molecule is C#CCOc1cccc2c(O)n(C3CCC(=O)NC3=O)cc12. The molecule has 6 heteroatoms. The molecule has 1 saturated heterocycles. The van der Waals surface area contributed by atoms with Gasteiger partial charge in [-0.15, -0.1) is 6.42 Å². The normalized spacial score (nSPS) is 18.0. The van der Waals surface area contributed by atoms with Crippen LogP contribution < -0.4 is 10.1 Å². The molecule has 0 radical (unpaired) electrons. The lowest BCUT2D eigenvalue weighted by molar-refractivity contribution is -0.135. The van der Waals surface area contributed by atoms with Crippen LogP contribution >= 0.6 is 0 Å². The maximum atomic E-state index is 12.0. The zero-order valence-corrected chi connectivity index (χ0v) is 11.7. The Morgan fingerprint density at radius 1 is 1.41 bits per heavy atom. The first-order valence-electron chi connectivity index (χ1n) is 6.84. The average molecular weight is 298 g/mol. The van der Waals surface area contributed by atoms with Crippen molar-refractivity contribution in [2.24, 2.45) is 0 Å². The number of aromatic nitrogens is 1. The number of nitrogens with one attached hydrogen (secondary N) is 1. The predicted molar refractivity (Wildman–Crippen MR) is 79.4 cm³/mol. The molecule has 2 N–H and O–H groups in total. The van der Waals surface area contributed by atoms with E-state index in [2.05, 4.69) is 11.2 Å².